The van der Waals surface area contributed by atoms with Crippen molar-refractivity contribution < 1.29 is 9.42 Å². The summed E-state index contributed by atoms with van der Waals surface area (Å²) in [4.78, 5) is 11.2. The molecule has 0 unspecified atom stereocenters. The lowest BCUT2D eigenvalue weighted by atomic mass is 10.1. The van der Waals surface area contributed by atoms with Gasteiger partial charge in [-0.3, -0.25) is 4.79 Å². The molecule has 0 bridgehead atoms. The lowest BCUT2D eigenvalue weighted by Crippen LogP contribution is -1.99. The van der Waals surface area contributed by atoms with Crippen LogP contribution in [0.15, 0.2) is 22.8 Å². The molecule has 0 aliphatic rings. The van der Waals surface area contributed by atoms with E-state index in [0.717, 1.165) is 0 Å². The van der Waals surface area contributed by atoms with Gasteiger partial charge in [0.15, 0.2) is 5.78 Å². The van der Waals surface area contributed by atoms with Crippen LogP contribution in [0.25, 0.3) is 11.0 Å². The van der Waals surface area contributed by atoms with Gasteiger partial charge in [0.05, 0.1) is 5.88 Å². The minimum absolute atomic E-state index is 0.0310. The largest absolute Gasteiger partial charge is 0.293 e. The summed E-state index contributed by atoms with van der Waals surface area (Å²) < 4.78 is 4.49. The third-order valence-electron chi connectivity index (χ3n) is 1.70. The first kappa shape index (κ1) is 8.19. The molecular formula is C8H5ClN2O2. The predicted molar refractivity (Wildman–Crippen MR) is 46.9 cm³/mol. The van der Waals surface area contributed by atoms with Crippen LogP contribution in [-0.2, 0) is 0 Å². The van der Waals surface area contributed by atoms with Crippen LogP contribution in [0.5, 0.6) is 0 Å². The molecule has 66 valence electrons. The highest BCUT2D eigenvalue weighted by Gasteiger charge is 2.06. The van der Waals surface area contributed by atoms with Gasteiger partial charge in [-0.15, -0.1) is 11.6 Å². The zero-order chi connectivity index (χ0) is 9.26. The molecule has 1 aromatic heterocycles. The number of fused-ring (bicyclic) bond motifs is 1. The minimum Gasteiger partial charge on any atom is -0.293 e. The molecular weight excluding hydrogens is 192 g/mol. The second-order valence-corrected chi connectivity index (χ2v) is 2.79. The average molecular weight is 197 g/mol. The highest BCUT2D eigenvalue weighted by Crippen LogP contribution is 2.12. The number of ketones is 1. The van der Waals surface area contributed by atoms with Crippen molar-refractivity contribution in [3.8, 4) is 0 Å². The number of carbonyl (C=O) groups excluding carboxylic acids is 1. The zero-order valence-electron chi connectivity index (χ0n) is 6.53. The van der Waals surface area contributed by atoms with Gasteiger partial charge in [0.25, 0.3) is 0 Å². The minimum atomic E-state index is -0.133. The summed E-state index contributed by atoms with van der Waals surface area (Å²) in [6, 6.07) is 4.93. The van der Waals surface area contributed by atoms with Gasteiger partial charge in [0, 0.05) is 5.56 Å². The summed E-state index contributed by atoms with van der Waals surface area (Å²) in [5, 5.41) is 7.23. The molecule has 5 heteroatoms. The molecule has 4 nitrogen and oxygen atoms in total. The second kappa shape index (κ2) is 3.14. The fraction of sp³-hybridized carbons (Fsp3) is 0.125. The summed E-state index contributed by atoms with van der Waals surface area (Å²) in [6.07, 6.45) is 0. The van der Waals surface area contributed by atoms with Crippen LogP contribution in [0, 0.1) is 0 Å². The van der Waals surface area contributed by atoms with Gasteiger partial charge in [-0.2, -0.15) is 0 Å². The Morgan fingerprint density at radius 1 is 1.38 bits per heavy atom. The Labute approximate surface area is 78.4 Å². The maximum absolute atomic E-state index is 11.2. The van der Waals surface area contributed by atoms with Crippen molar-refractivity contribution in [1.82, 2.24) is 10.3 Å². The Balaban J connectivity index is 2.54. The molecule has 0 atom stereocenters. The van der Waals surface area contributed by atoms with E-state index >= 15 is 0 Å². The Morgan fingerprint density at radius 3 is 2.92 bits per heavy atom. The Bertz CT molecular complexity index is 452. The van der Waals surface area contributed by atoms with Crippen molar-refractivity contribution in [2.45, 2.75) is 0 Å². The van der Waals surface area contributed by atoms with Gasteiger partial charge in [0.2, 0.25) is 0 Å². The maximum atomic E-state index is 11.2. The number of Topliss-reactive ketones (excluding diaryl/α,β-unsaturated/α-hetero) is 1. The summed E-state index contributed by atoms with van der Waals surface area (Å²) in [7, 11) is 0. The lowest BCUT2D eigenvalue weighted by Gasteiger charge is -1.93. The predicted octanol–water partition coefficient (Wildman–Crippen LogP) is 1.64. The maximum Gasteiger partial charge on any atom is 0.177 e. The van der Waals surface area contributed by atoms with E-state index in [2.05, 4.69) is 14.9 Å². The third-order valence-corrected chi connectivity index (χ3v) is 1.94. The average Bonchev–Trinajstić information content (AvgIpc) is 2.63. The van der Waals surface area contributed by atoms with E-state index in [4.69, 9.17) is 11.6 Å². The van der Waals surface area contributed by atoms with E-state index < -0.39 is 0 Å². The van der Waals surface area contributed by atoms with E-state index in [0.29, 0.717) is 16.6 Å². The number of rotatable bonds is 2. The normalized spacial score (nSPS) is 10.5. The number of alkyl halides is 1. The molecule has 0 aliphatic heterocycles. The van der Waals surface area contributed by atoms with E-state index in [9.17, 15) is 4.79 Å². The van der Waals surface area contributed by atoms with Crippen LogP contribution in [0.1, 0.15) is 10.4 Å². The lowest BCUT2D eigenvalue weighted by molar-refractivity contribution is 0.102. The Morgan fingerprint density at radius 2 is 2.15 bits per heavy atom. The molecule has 1 aromatic carbocycles. The van der Waals surface area contributed by atoms with Crippen LogP contribution in [0.2, 0.25) is 0 Å². The van der Waals surface area contributed by atoms with Gasteiger partial charge in [0.1, 0.15) is 11.0 Å². The van der Waals surface area contributed by atoms with Crippen LogP contribution >= 0.6 is 11.6 Å². The SMILES string of the molecule is O=C(CCl)c1ccc2nonc2c1. The van der Waals surface area contributed by atoms with Crippen molar-refractivity contribution in [2.24, 2.45) is 0 Å². The highest BCUT2D eigenvalue weighted by molar-refractivity contribution is 6.30. The molecule has 1 heterocycles. The fourth-order valence-corrected chi connectivity index (χ4v) is 1.19. The molecule has 0 fully saturated rings. The quantitative estimate of drug-likeness (QED) is 0.541. The van der Waals surface area contributed by atoms with Gasteiger partial charge >= 0.3 is 0 Å². The zero-order valence-corrected chi connectivity index (χ0v) is 7.28. The van der Waals surface area contributed by atoms with Crippen LogP contribution < -0.4 is 0 Å². The Kier molecular flexibility index (Phi) is 1.98. The van der Waals surface area contributed by atoms with Crippen LogP contribution in [0.3, 0.4) is 0 Å². The molecule has 0 saturated carbocycles. The van der Waals surface area contributed by atoms with E-state index in [1.165, 1.54) is 0 Å². The number of hydrogen-bond acceptors (Lipinski definition) is 4. The molecule has 0 aliphatic carbocycles. The molecule has 2 aromatic rings. The van der Waals surface area contributed by atoms with Gasteiger partial charge in [-0.05, 0) is 28.5 Å². The van der Waals surface area contributed by atoms with Crippen molar-refractivity contribution in [3.63, 3.8) is 0 Å². The molecule has 0 radical (unpaired) electrons. The number of aromatic nitrogens is 2. The molecule has 0 amide bonds. The highest BCUT2D eigenvalue weighted by atomic mass is 35.5. The molecule has 13 heavy (non-hydrogen) atoms. The summed E-state index contributed by atoms with van der Waals surface area (Å²) in [6.45, 7) is 0. The van der Waals surface area contributed by atoms with Crippen molar-refractivity contribution in [3.05, 3.63) is 23.8 Å². The first-order valence-electron chi connectivity index (χ1n) is 3.63. The molecule has 0 spiro atoms. The fourth-order valence-electron chi connectivity index (χ4n) is 1.03. The monoisotopic (exact) mass is 196 g/mol. The van der Waals surface area contributed by atoms with Crippen molar-refractivity contribution >= 4 is 28.4 Å². The van der Waals surface area contributed by atoms with E-state index in [-0.39, 0.29) is 11.7 Å². The number of carbonyl (C=O) groups is 1. The van der Waals surface area contributed by atoms with Gasteiger partial charge < -0.3 is 0 Å². The van der Waals surface area contributed by atoms with E-state index in [1.807, 2.05) is 0 Å². The van der Waals surface area contributed by atoms with E-state index in [1.54, 1.807) is 18.2 Å². The number of hydrogen-bond donors (Lipinski definition) is 0. The summed E-state index contributed by atoms with van der Waals surface area (Å²) in [5.74, 6) is -0.164. The van der Waals surface area contributed by atoms with Crippen molar-refractivity contribution in [1.29, 1.82) is 0 Å². The topological polar surface area (TPSA) is 56.0 Å². The first-order valence-corrected chi connectivity index (χ1v) is 4.16. The van der Waals surface area contributed by atoms with Crippen molar-refractivity contribution in [2.75, 3.05) is 5.88 Å². The standard InChI is InChI=1S/C8H5ClN2O2/c9-4-8(12)5-1-2-6-7(3-5)11-13-10-6/h1-3H,4H2. The smallest absolute Gasteiger partial charge is 0.177 e. The number of benzene rings is 1. The number of halogens is 1. The van der Waals surface area contributed by atoms with Gasteiger partial charge in [-0.25, -0.2) is 4.63 Å². The Hall–Kier alpha value is -1.42. The second-order valence-electron chi connectivity index (χ2n) is 2.52. The third kappa shape index (κ3) is 1.40. The molecule has 0 saturated heterocycles. The molecule has 2 rings (SSSR count). The number of nitrogens with zero attached hydrogens (tertiary/aromatic N) is 2. The van der Waals surface area contributed by atoms with Crippen LogP contribution in [0.4, 0.5) is 0 Å². The van der Waals surface area contributed by atoms with Gasteiger partial charge in [-0.1, -0.05) is 0 Å². The molecule has 0 N–H and O–H groups in total. The summed E-state index contributed by atoms with van der Waals surface area (Å²) in [5.41, 5.74) is 1.72. The first-order chi connectivity index (χ1) is 6.31. The summed E-state index contributed by atoms with van der Waals surface area (Å²) >= 11 is 5.40. The van der Waals surface area contributed by atoms with Crippen LogP contribution in [-0.4, -0.2) is 22.0 Å².